The van der Waals surface area contributed by atoms with Crippen LogP contribution in [0, 0.1) is 0 Å². The summed E-state index contributed by atoms with van der Waals surface area (Å²) in [5.41, 5.74) is 0.0341. The lowest BCUT2D eigenvalue weighted by Gasteiger charge is -2.19. The zero-order chi connectivity index (χ0) is 19.1. The van der Waals surface area contributed by atoms with Crippen LogP contribution >= 0.6 is 0 Å². The van der Waals surface area contributed by atoms with Crippen LogP contribution in [0.25, 0.3) is 0 Å². The molecule has 0 bridgehead atoms. The first-order valence-electron chi connectivity index (χ1n) is 7.46. The van der Waals surface area contributed by atoms with E-state index in [2.05, 4.69) is 0 Å². The zero-order valence-corrected chi connectivity index (χ0v) is 14.1. The average Bonchev–Trinajstić information content (AvgIpc) is 2.95. The van der Waals surface area contributed by atoms with Gasteiger partial charge in [-0.05, 0) is 48.5 Å². The maximum Gasteiger partial charge on any atom is 0.416 e. The van der Waals surface area contributed by atoms with Crippen LogP contribution in [-0.4, -0.2) is 27.5 Å². The molecule has 2 N–H and O–H groups in total. The Labute approximate surface area is 147 Å². The van der Waals surface area contributed by atoms with Crippen molar-refractivity contribution in [2.45, 2.75) is 11.1 Å². The fourth-order valence-electron chi connectivity index (χ4n) is 2.66. The van der Waals surface area contributed by atoms with Crippen molar-refractivity contribution in [3.8, 4) is 0 Å². The maximum absolute atomic E-state index is 12.6. The van der Waals surface area contributed by atoms with Crippen LogP contribution in [0.2, 0.25) is 0 Å². The van der Waals surface area contributed by atoms with Gasteiger partial charge in [0.15, 0.2) is 0 Å². The van der Waals surface area contributed by atoms with Gasteiger partial charge in [0.1, 0.15) is 0 Å². The molecule has 0 aromatic heterocycles. The summed E-state index contributed by atoms with van der Waals surface area (Å²) >= 11 is 0. The third kappa shape index (κ3) is 3.51. The molecule has 0 spiro atoms. The quantitative estimate of drug-likeness (QED) is 0.882. The van der Waals surface area contributed by atoms with E-state index in [0.29, 0.717) is 24.5 Å². The van der Waals surface area contributed by atoms with E-state index in [9.17, 15) is 26.4 Å². The Morgan fingerprint density at radius 3 is 1.65 bits per heavy atom. The number of carbonyl (C=O) groups excluding carboxylic acids is 1. The molecule has 1 aliphatic heterocycles. The molecule has 138 valence electrons. The molecule has 0 saturated carbocycles. The van der Waals surface area contributed by atoms with Crippen molar-refractivity contribution in [2.75, 3.05) is 22.9 Å². The van der Waals surface area contributed by atoms with Gasteiger partial charge in [-0.25, -0.2) is 18.4 Å². The Morgan fingerprint density at radius 2 is 1.27 bits per heavy atom. The molecule has 3 rings (SSSR count). The first kappa shape index (κ1) is 18.2. The van der Waals surface area contributed by atoms with Crippen molar-refractivity contribution in [3.63, 3.8) is 0 Å². The number of hydrogen-bond donors (Lipinski definition) is 1. The maximum atomic E-state index is 12.6. The number of anilines is 2. The van der Waals surface area contributed by atoms with Crippen LogP contribution in [0.1, 0.15) is 5.56 Å². The van der Waals surface area contributed by atoms with Crippen LogP contribution in [0.15, 0.2) is 53.4 Å². The second-order valence-electron chi connectivity index (χ2n) is 5.67. The molecule has 0 aliphatic carbocycles. The van der Waals surface area contributed by atoms with Crippen molar-refractivity contribution in [2.24, 2.45) is 5.14 Å². The van der Waals surface area contributed by atoms with Crippen molar-refractivity contribution >= 4 is 27.4 Å². The first-order valence-corrected chi connectivity index (χ1v) is 9.01. The number of amides is 2. The van der Waals surface area contributed by atoms with Gasteiger partial charge in [0.25, 0.3) is 0 Å². The van der Waals surface area contributed by atoms with E-state index in [-0.39, 0.29) is 4.90 Å². The van der Waals surface area contributed by atoms with E-state index in [1.54, 1.807) is 0 Å². The normalized spacial score (nSPS) is 15.6. The zero-order valence-electron chi connectivity index (χ0n) is 13.3. The lowest BCUT2D eigenvalue weighted by atomic mass is 10.2. The molecule has 6 nitrogen and oxygen atoms in total. The second-order valence-corrected chi connectivity index (χ2v) is 7.23. The van der Waals surface area contributed by atoms with Crippen LogP contribution < -0.4 is 14.9 Å². The van der Waals surface area contributed by atoms with Crippen LogP contribution in [0.3, 0.4) is 0 Å². The third-order valence-corrected chi connectivity index (χ3v) is 4.92. The van der Waals surface area contributed by atoms with E-state index in [1.807, 2.05) is 0 Å². The number of benzene rings is 2. The van der Waals surface area contributed by atoms with Gasteiger partial charge >= 0.3 is 12.2 Å². The minimum atomic E-state index is -4.44. The highest BCUT2D eigenvalue weighted by molar-refractivity contribution is 7.89. The Balaban J connectivity index is 1.80. The monoisotopic (exact) mass is 385 g/mol. The minimum Gasteiger partial charge on any atom is -0.292 e. The van der Waals surface area contributed by atoms with Gasteiger partial charge in [-0.3, -0.25) is 9.80 Å². The van der Waals surface area contributed by atoms with Gasteiger partial charge in [0.05, 0.1) is 10.5 Å². The van der Waals surface area contributed by atoms with E-state index < -0.39 is 27.8 Å². The summed E-state index contributed by atoms with van der Waals surface area (Å²) in [7, 11) is -3.83. The van der Waals surface area contributed by atoms with Crippen LogP contribution in [0.5, 0.6) is 0 Å². The van der Waals surface area contributed by atoms with Gasteiger partial charge < -0.3 is 0 Å². The van der Waals surface area contributed by atoms with Crippen LogP contribution in [0.4, 0.5) is 29.3 Å². The summed E-state index contributed by atoms with van der Waals surface area (Å²) in [6.45, 7) is 0.607. The molecule has 1 fully saturated rings. The molecular formula is C16H14F3N3O3S. The number of halogens is 3. The SMILES string of the molecule is NS(=O)(=O)c1ccc(N2CCN(c3ccc(C(F)(F)F)cc3)C2=O)cc1. The van der Waals surface area contributed by atoms with Gasteiger partial charge in [-0.2, -0.15) is 13.2 Å². The second kappa shape index (κ2) is 6.29. The molecule has 2 aromatic rings. The number of nitrogens with two attached hydrogens (primary N) is 1. The van der Waals surface area contributed by atoms with Gasteiger partial charge in [0, 0.05) is 24.5 Å². The highest BCUT2D eigenvalue weighted by Crippen LogP contribution is 2.32. The number of rotatable bonds is 3. The van der Waals surface area contributed by atoms with Crippen molar-refractivity contribution in [1.29, 1.82) is 0 Å². The Bertz CT molecular complexity index is 926. The minimum absolute atomic E-state index is 0.0764. The number of carbonyl (C=O) groups is 1. The summed E-state index contributed by atoms with van der Waals surface area (Å²) in [6, 6.07) is 9.41. The van der Waals surface area contributed by atoms with E-state index in [4.69, 9.17) is 5.14 Å². The predicted molar refractivity (Wildman–Crippen MR) is 89.3 cm³/mol. The fraction of sp³-hybridized carbons (Fsp3) is 0.188. The number of urea groups is 1. The Kier molecular flexibility index (Phi) is 4.41. The van der Waals surface area contributed by atoms with Crippen molar-refractivity contribution in [3.05, 3.63) is 54.1 Å². The van der Waals surface area contributed by atoms with Crippen molar-refractivity contribution < 1.29 is 26.4 Å². The molecule has 1 aliphatic rings. The number of nitrogens with zero attached hydrogens (tertiary/aromatic N) is 2. The van der Waals surface area contributed by atoms with Crippen molar-refractivity contribution in [1.82, 2.24) is 0 Å². The molecule has 2 aromatic carbocycles. The average molecular weight is 385 g/mol. The third-order valence-electron chi connectivity index (χ3n) is 3.99. The largest absolute Gasteiger partial charge is 0.416 e. The smallest absolute Gasteiger partial charge is 0.292 e. The molecule has 1 saturated heterocycles. The number of alkyl halides is 3. The van der Waals surface area contributed by atoms with Gasteiger partial charge in [0.2, 0.25) is 10.0 Å². The fourth-order valence-corrected chi connectivity index (χ4v) is 3.18. The topological polar surface area (TPSA) is 83.7 Å². The molecule has 0 atom stereocenters. The summed E-state index contributed by atoms with van der Waals surface area (Å²) in [4.78, 5) is 15.2. The first-order chi connectivity index (χ1) is 12.1. The lowest BCUT2D eigenvalue weighted by Crippen LogP contribution is -2.31. The standard InChI is InChI=1S/C16H14F3N3O3S/c17-16(18,19)11-1-3-12(4-2-11)21-9-10-22(15(21)23)13-5-7-14(8-6-13)26(20,24)25/h1-8H,9-10H2,(H2,20,24,25). The van der Waals surface area contributed by atoms with Gasteiger partial charge in [-0.1, -0.05) is 0 Å². The highest BCUT2D eigenvalue weighted by Gasteiger charge is 2.33. The summed E-state index contributed by atoms with van der Waals surface area (Å²) in [5, 5.41) is 5.03. The van der Waals surface area contributed by atoms with E-state index >= 15 is 0 Å². The number of hydrogen-bond acceptors (Lipinski definition) is 3. The van der Waals surface area contributed by atoms with E-state index in [0.717, 1.165) is 12.1 Å². The molecule has 1 heterocycles. The molecule has 26 heavy (non-hydrogen) atoms. The molecule has 0 unspecified atom stereocenters. The Hall–Kier alpha value is -2.59. The van der Waals surface area contributed by atoms with Gasteiger partial charge in [-0.15, -0.1) is 0 Å². The number of sulfonamides is 1. The lowest BCUT2D eigenvalue weighted by molar-refractivity contribution is -0.137. The molecule has 0 radical (unpaired) electrons. The van der Waals surface area contributed by atoms with Crippen LogP contribution in [-0.2, 0) is 16.2 Å². The molecule has 2 amide bonds. The Morgan fingerprint density at radius 1 is 0.846 bits per heavy atom. The summed E-state index contributed by atoms with van der Waals surface area (Å²) in [6.07, 6.45) is -4.44. The number of primary sulfonamides is 1. The van der Waals surface area contributed by atoms with E-state index in [1.165, 1.54) is 46.2 Å². The predicted octanol–water partition coefficient (Wildman–Crippen LogP) is 2.80. The molecular weight excluding hydrogens is 371 g/mol. The summed E-state index contributed by atoms with van der Waals surface area (Å²) in [5.74, 6) is 0. The highest BCUT2D eigenvalue weighted by atomic mass is 32.2. The molecule has 10 heteroatoms. The summed E-state index contributed by atoms with van der Waals surface area (Å²) < 4.78 is 60.4.